The first kappa shape index (κ1) is 14.8. The summed E-state index contributed by atoms with van der Waals surface area (Å²) in [7, 11) is 0. The summed E-state index contributed by atoms with van der Waals surface area (Å²) in [5, 5.41) is 0. The second-order valence-corrected chi connectivity index (χ2v) is 5.45. The molecule has 2 fully saturated rings. The van der Waals surface area contributed by atoms with Crippen molar-refractivity contribution in [3.8, 4) is 0 Å². The molecular formula is C13H25ClN2O. The van der Waals surface area contributed by atoms with Crippen LogP contribution in [0.25, 0.3) is 0 Å². The number of amides is 1. The Morgan fingerprint density at radius 2 is 1.88 bits per heavy atom. The molecule has 1 aliphatic heterocycles. The summed E-state index contributed by atoms with van der Waals surface area (Å²) in [6.45, 7) is 4.20. The van der Waals surface area contributed by atoms with Gasteiger partial charge in [-0.25, -0.2) is 0 Å². The number of likely N-dealkylation sites (tertiary alicyclic amines) is 1. The van der Waals surface area contributed by atoms with E-state index in [4.69, 9.17) is 5.73 Å². The quantitative estimate of drug-likeness (QED) is 0.827. The van der Waals surface area contributed by atoms with Crippen LogP contribution >= 0.6 is 12.4 Å². The average Bonchev–Trinajstić information content (AvgIpc) is 2.75. The molecular weight excluding hydrogens is 236 g/mol. The minimum atomic E-state index is 0. The Hall–Kier alpha value is -0.280. The van der Waals surface area contributed by atoms with Gasteiger partial charge in [-0.1, -0.05) is 13.3 Å². The highest BCUT2D eigenvalue weighted by atomic mass is 35.5. The monoisotopic (exact) mass is 260 g/mol. The summed E-state index contributed by atoms with van der Waals surface area (Å²) in [6, 6.07) is 0.266. The van der Waals surface area contributed by atoms with Crippen molar-refractivity contribution >= 4 is 18.3 Å². The van der Waals surface area contributed by atoms with Crippen molar-refractivity contribution in [3.05, 3.63) is 0 Å². The van der Waals surface area contributed by atoms with Gasteiger partial charge >= 0.3 is 0 Å². The number of hydrogen-bond donors (Lipinski definition) is 1. The Bertz CT molecular complexity index is 252. The SMILES string of the molecule is CCC1CCN(C(=O)C2CCC(N)C2)CC1.Cl. The molecule has 0 aromatic rings. The topological polar surface area (TPSA) is 46.3 Å². The summed E-state index contributed by atoms with van der Waals surface area (Å²) in [4.78, 5) is 14.3. The molecule has 1 heterocycles. The Labute approximate surface area is 111 Å². The zero-order chi connectivity index (χ0) is 11.5. The largest absolute Gasteiger partial charge is 0.342 e. The lowest BCUT2D eigenvalue weighted by molar-refractivity contribution is -0.136. The van der Waals surface area contributed by atoms with Crippen LogP contribution in [0.1, 0.15) is 45.4 Å². The summed E-state index contributed by atoms with van der Waals surface area (Å²) >= 11 is 0. The van der Waals surface area contributed by atoms with Gasteiger partial charge in [-0.05, 0) is 38.0 Å². The Balaban J connectivity index is 0.00000144. The first-order valence-corrected chi connectivity index (χ1v) is 6.75. The van der Waals surface area contributed by atoms with Crippen molar-refractivity contribution in [1.82, 2.24) is 4.90 Å². The highest BCUT2D eigenvalue weighted by Gasteiger charge is 2.32. The van der Waals surface area contributed by atoms with E-state index in [1.54, 1.807) is 0 Å². The molecule has 3 nitrogen and oxygen atoms in total. The number of carbonyl (C=O) groups is 1. The van der Waals surface area contributed by atoms with Crippen molar-refractivity contribution in [1.29, 1.82) is 0 Å². The zero-order valence-corrected chi connectivity index (χ0v) is 11.5. The van der Waals surface area contributed by atoms with Gasteiger partial charge < -0.3 is 10.6 Å². The molecule has 2 unspecified atom stereocenters. The Morgan fingerprint density at radius 3 is 2.35 bits per heavy atom. The molecule has 0 spiro atoms. The first-order chi connectivity index (χ1) is 7.70. The maximum Gasteiger partial charge on any atom is 0.225 e. The molecule has 17 heavy (non-hydrogen) atoms. The minimum Gasteiger partial charge on any atom is -0.342 e. The number of carbonyl (C=O) groups excluding carboxylic acids is 1. The van der Waals surface area contributed by atoms with Gasteiger partial charge in [-0.3, -0.25) is 4.79 Å². The summed E-state index contributed by atoms with van der Waals surface area (Å²) in [5.74, 6) is 1.45. The van der Waals surface area contributed by atoms with Crippen LogP contribution in [-0.2, 0) is 4.79 Å². The predicted octanol–water partition coefficient (Wildman–Crippen LogP) is 2.18. The van der Waals surface area contributed by atoms with Crippen LogP contribution in [-0.4, -0.2) is 29.9 Å². The van der Waals surface area contributed by atoms with Crippen molar-refractivity contribution in [3.63, 3.8) is 0 Å². The standard InChI is InChI=1S/C13H24N2O.ClH/c1-2-10-5-7-15(8-6-10)13(16)11-3-4-12(14)9-11;/h10-12H,2-9,14H2,1H3;1H. The van der Waals surface area contributed by atoms with E-state index in [2.05, 4.69) is 11.8 Å². The normalized spacial score (nSPS) is 30.1. The van der Waals surface area contributed by atoms with Crippen LogP contribution in [0.3, 0.4) is 0 Å². The number of halogens is 1. The van der Waals surface area contributed by atoms with E-state index in [1.807, 2.05) is 0 Å². The smallest absolute Gasteiger partial charge is 0.225 e. The molecule has 2 aliphatic rings. The molecule has 0 radical (unpaired) electrons. The minimum absolute atomic E-state index is 0. The summed E-state index contributed by atoms with van der Waals surface area (Å²) in [5.41, 5.74) is 5.87. The van der Waals surface area contributed by atoms with Gasteiger partial charge in [0, 0.05) is 25.0 Å². The number of rotatable bonds is 2. The summed E-state index contributed by atoms with van der Waals surface area (Å²) in [6.07, 6.45) is 6.60. The van der Waals surface area contributed by atoms with E-state index < -0.39 is 0 Å². The van der Waals surface area contributed by atoms with Gasteiger partial charge in [0.15, 0.2) is 0 Å². The van der Waals surface area contributed by atoms with Crippen molar-refractivity contribution in [2.45, 2.75) is 51.5 Å². The predicted molar refractivity (Wildman–Crippen MR) is 72.2 cm³/mol. The molecule has 0 aromatic heterocycles. The van der Waals surface area contributed by atoms with E-state index in [0.29, 0.717) is 5.91 Å². The number of piperidine rings is 1. The van der Waals surface area contributed by atoms with E-state index in [1.165, 1.54) is 19.3 Å². The van der Waals surface area contributed by atoms with Crippen molar-refractivity contribution in [2.24, 2.45) is 17.6 Å². The fourth-order valence-corrected chi connectivity index (χ4v) is 3.06. The van der Waals surface area contributed by atoms with E-state index >= 15 is 0 Å². The Kier molecular flexibility index (Phi) is 5.74. The lowest BCUT2D eigenvalue weighted by Crippen LogP contribution is -2.41. The highest BCUT2D eigenvalue weighted by Crippen LogP contribution is 2.28. The van der Waals surface area contributed by atoms with Gasteiger partial charge in [0.2, 0.25) is 5.91 Å². The third kappa shape index (κ3) is 3.59. The van der Waals surface area contributed by atoms with Gasteiger partial charge in [0.25, 0.3) is 0 Å². The third-order valence-electron chi connectivity index (χ3n) is 4.33. The maximum atomic E-state index is 12.2. The second kappa shape index (κ2) is 6.60. The molecule has 2 atom stereocenters. The van der Waals surface area contributed by atoms with Gasteiger partial charge in [-0.15, -0.1) is 12.4 Å². The van der Waals surface area contributed by atoms with Crippen molar-refractivity contribution in [2.75, 3.05) is 13.1 Å². The maximum absolute atomic E-state index is 12.2. The zero-order valence-electron chi connectivity index (χ0n) is 10.7. The molecule has 1 saturated carbocycles. The first-order valence-electron chi connectivity index (χ1n) is 6.75. The molecule has 4 heteroatoms. The van der Waals surface area contributed by atoms with Gasteiger partial charge in [0.05, 0.1) is 0 Å². The van der Waals surface area contributed by atoms with Crippen LogP contribution in [0, 0.1) is 11.8 Å². The summed E-state index contributed by atoms with van der Waals surface area (Å²) < 4.78 is 0. The molecule has 1 amide bonds. The van der Waals surface area contributed by atoms with Crippen LogP contribution in [0.2, 0.25) is 0 Å². The van der Waals surface area contributed by atoms with Gasteiger partial charge in [-0.2, -0.15) is 0 Å². The molecule has 1 saturated heterocycles. The van der Waals surface area contributed by atoms with Crippen molar-refractivity contribution < 1.29 is 4.79 Å². The molecule has 1 aliphatic carbocycles. The third-order valence-corrected chi connectivity index (χ3v) is 4.33. The van der Waals surface area contributed by atoms with E-state index in [9.17, 15) is 4.79 Å². The van der Waals surface area contributed by atoms with Gasteiger partial charge in [0.1, 0.15) is 0 Å². The second-order valence-electron chi connectivity index (χ2n) is 5.45. The number of nitrogens with two attached hydrogens (primary N) is 1. The Morgan fingerprint density at radius 1 is 1.24 bits per heavy atom. The average molecular weight is 261 g/mol. The lowest BCUT2D eigenvalue weighted by atomic mass is 9.93. The lowest BCUT2D eigenvalue weighted by Gasteiger charge is -2.33. The van der Waals surface area contributed by atoms with Crippen LogP contribution in [0.4, 0.5) is 0 Å². The molecule has 2 rings (SSSR count). The molecule has 0 bridgehead atoms. The molecule has 100 valence electrons. The van der Waals surface area contributed by atoms with Crippen LogP contribution < -0.4 is 5.73 Å². The molecule has 0 aromatic carbocycles. The van der Waals surface area contributed by atoms with E-state index in [0.717, 1.165) is 38.3 Å². The fourth-order valence-electron chi connectivity index (χ4n) is 3.06. The highest BCUT2D eigenvalue weighted by molar-refractivity contribution is 5.85. The number of hydrogen-bond acceptors (Lipinski definition) is 2. The van der Waals surface area contributed by atoms with Crippen LogP contribution in [0.5, 0.6) is 0 Å². The van der Waals surface area contributed by atoms with Crippen LogP contribution in [0.15, 0.2) is 0 Å². The fraction of sp³-hybridized carbons (Fsp3) is 0.923. The van der Waals surface area contributed by atoms with E-state index in [-0.39, 0.29) is 24.4 Å². The number of nitrogens with zero attached hydrogens (tertiary/aromatic N) is 1. The molecule has 2 N–H and O–H groups in total.